The molecule has 1 unspecified atom stereocenters. The van der Waals surface area contributed by atoms with E-state index in [0.29, 0.717) is 6.42 Å². The van der Waals surface area contributed by atoms with Gasteiger partial charge in [0.05, 0.1) is 5.41 Å². The fourth-order valence-electron chi connectivity index (χ4n) is 2.40. The first-order valence-electron chi connectivity index (χ1n) is 5.25. The highest BCUT2D eigenvalue weighted by molar-refractivity contribution is 5.80. The lowest BCUT2D eigenvalue weighted by molar-refractivity contribution is -0.144. The third-order valence-electron chi connectivity index (χ3n) is 3.67. The van der Waals surface area contributed by atoms with Gasteiger partial charge in [-0.3, -0.25) is 4.79 Å². The molecule has 0 spiro atoms. The van der Waals surface area contributed by atoms with Gasteiger partial charge in [0, 0.05) is 0 Å². The predicted molar refractivity (Wildman–Crippen MR) is 58.6 cm³/mol. The summed E-state index contributed by atoms with van der Waals surface area (Å²) in [5.41, 5.74) is 0.522. The van der Waals surface area contributed by atoms with Gasteiger partial charge in [-0.2, -0.15) is 0 Å². The maximum Gasteiger partial charge on any atom is 0.310 e. The van der Waals surface area contributed by atoms with Crippen molar-refractivity contribution in [3.8, 4) is 0 Å². The maximum atomic E-state index is 11.3. The van der Waals surface area contributed by atoms with Crippen LogP contribution in [-0.2, 0) is 11.2 Å². The van der Waals surface area contributed by atoms with Gasteiger partial charge in [0.15, 0.2) is 0 Å². The molecule has 1 atom stereocenters. The number of aliphatic carboxylic acids is 1. The Balaban J connectivity index is 2.22. The second-order valence-corrected chi connectivity index (χ2v) is 5.11. The number of carboxylic acid groups (broad SMARTS) is 1. The smallest absolute Gasteiger partial charge is 0.310 e. The third kappa shape index (κ3) is 1.54. The zero-order valence-corrected chi connectivity index (χ0v) is 9.16. The topological polar surface area (TPSA) is 37.3 Å². The van der Waals surface area contributed by atoms with Gasteiger partial charge < -0.3 is 5.11 Å². The van der Waals surface area contributed by atoms with Crippen molar-refractivity contribution < 1.29 is 9.90 Å². The zero-order valence-electron chi connectivity index (χ0n) is 9.16. The van der Waals surface area contributed by atoms with E-state index >= 15 is 0 Å². The monoisotopic (exact) mass is 204 g/mol. The Kier molecular flexibility index (Phi) is 2.10. The minimum Gasteiger partial charge on any atom is -0.481 e. The van der Waals surface area contributed by atoms with Crippen molar-refractivity contribution in [2.45, 2.75) is 26.7 Å². The summed E-state index contributed by atoms with van der Waals surface area (Å²) in [6, 6.07) is 9.87. The van der Waals surface area contributed by atoms with E-state index in [4.69, 9.17) is 0 Å². The molecule has 1 saturated carbocycles. The van der Waals surface area contributed by atoms with Gasteiger partial charge in [-0.25, -0.2) is 0 Å². The molecule has 1 aliphatic carbocycles. The minimum absolute atomic E-state index is 0.0608. The van der Waals surface area contributed by atoms with Crippen LogP contribution in [0.15, 0.2) is 30.3 Å². The summed E-state index contributed by atoms with van der Waals surface area (Å²) in [5, 5.41) is 9.30. The lowest BCUT2D eigenvalue weighted by Crippen LogP contribution is -2.23. The Hall–Kier alpha value is -1.31. The van der Waals surface area contributed by atoms with Crippen LogP contribution < -0.4 is 0 Å². The molecule has 2 rings (SSSR count). The average molecular weight is 204 g/mol. The molecule has 2 nitrogen and oxygen atoms in total. The van der Waals surface area contributed by atoms with Crippen molar-refractivity contribution in [1.29, 1.82) is 0 Å². The van der Waals surface area contributed by atoms with Crippen LogP contribution in [0, 0.1) is 10.8 Å². The fourth-order valence-corrected chi connectivity index (χ4v) is 2.40. The van der Waals surface area contributed by atoms with Gasteiger partial charge >= 0.3 is 5.97 Å². The first-order chi connectivity index (χ1) is 6.98. The largest absolute Gasteiger partial charge is 0.481 e. The summed E-state index contributed by atoms with van der Waals surface area (Å²) in [5.74, 6) is -0.656. The van der Waals surface area contributed by atoms with Crippen LogP contribution in [0.25, 0.3) is 0 Å². The number of carbonyl (C=O) groups is 1. The van der Waals surface area contributed by atoms with Crippen LogP contribution in [0.5, 0.6) is 0 Å². The fraction of sp³-hybridized carbons (Fsp3) is 0.462. The van der Waals surface area contributed by atoms with Gasteiger partial charge in [0.25, 0.3) is 0 Å². The molecule has 1 aromatic carbocycles. The standard InChI is InChI=1S/C13H16O2/c1-12(2)9-13(12,11(14)15)8-10-6-4-3-5-7-10/h3-7H,8-9H2,1-2H3,(H,14,15). The molecule has 15 heavy (non-hydrogen) atoms. The van der Waals surface area contributed by atoms with E-state index in [0.717, 1.165) is 12.0 Å². The molecule has 80 valence electrons. The van der Waals surface area contributed by atoms with Crippen molar-refractivity contribution in [2.24, 2.45) is 10.8 Å². The lowest BCUT2D eigenvalue weighted by Gasteiger charge is -2.15. The van der Waals surface area contributed by atoms with Crippen molar-refractivity contribution in [3.63, 3.8) is 0 Å². The highest BCUT2D eigenvalue weighted by Gasteiger charge is 2.66. The molecule has 1 aromatic rings. The van der Waals surface area contributed by atoms with E-state index < -0.39 is 11.4 Å². The predicted octanol–water partition coefficient (Wildman–Crippen LogP) is 2.73. The van der Waals surface area contributed by atoms with Crippen LogP contribution in [0.2, 0.25) is 0 Å². The average Bonchev–Trinajstić information content (AvgIpc) is 2.71. The molecule has 1 N–H and O–H groups in total. The summed E-state index contributed by atoms with van der Waals surface area (Å²) >= 11 is 0. The summed E-state index contributed by atoms with van der Waals surface area (Å²) in [6.45, 7) is 4.06. The zero-order chi connectivity index (χ0) is 11.1. The number of hydrogen-bond donors (Lipinski definition) is 1. The van der Waals surface area contributed by atoms with Crippen LogP contribution in [0.4, 0.5) is 0 Å². The Morgan fingerprint density at radius 1 is 1.33 bits per heavy atom. The van der Waals surface area contributed by atoms with Crippen molar-refractivity contribution in [3.05, 3.63) is 35.9 Å². The SMILES string of the molecule is CC1(C)CC1(Cc1ccccc1)C(=O)O. The normalized spacial score (nSPS) is 27.3. The molecule has 0 heterocycles. The molecule has 0 amide bonds. The van der Waals surface area contributed by atoms with E-state index in [1.807, 2.05) is 44.2 Å². The Bertz CT molecular complexity index is 381. The highest BCUT2D eigenvalue weighted by Crippen LogP contribution is 2.65. The molecule has 0 bridgehead atoms. The molecule has 0 aromatic heterocycles. The first kappa shape index (κ1) is 10.2. The molecular formula is C13H16O2. The number of benzene rings is 1. The number of hydrogen-bond acceptors (Lipinski definition) is 1. The van der Waals surface area contributed by atoms with Gasteiger partial charge in [0.2, 0.25) is 0 Å². The summed E-state index contributed by atoms with van der Waals surface area (Å²) in [7, 11) is 0. The highest BCUT2D eigenvalue weighted by atomic mass is 16.4. The van der Waals surface area contributed by atoms with E-state index in [-0.39, 0.29) is 5.41 Å². The minimum atomic E-state index is -0.656. The summed E-state index contributed by atoms with van der Waals surface area (Å²) < 4.78 is 0. The Labute approximate surface area is 89.9 Å². The molecule has 1 aliphatic rings. The Morgan fingerprint density at radius 2 is 1.87 bits per heavy atom. The second-order valence-electron chi connectivity index (χ2n) is 5.11. The third-order valence-corrected chi connectivity index (χ3v) is 3.67. The molecular weight excluding hydrogens is 188 g/mol. The summed E-state index contributed by atoms with van der Waals surface area (Å²) in [6.07, 6.45) is 1.43. The van der Waals surface area contributed by atoms with E-state index in [1.54, 1.807) is 0 Å². The van der Waals surface area contributed by atoms with Crippen LogP contribution in [0.1, 0.15) is 25.8 Å². The second kappa shape index (κ2) is 3.09. The van der Waals surface area contributed by atoms with Crippen LogP contribution in [-0.4, -0.2) is 11.1 Å². The van der Waals surface area contributed by atoms with E-state index in [2.05, 4.69) is 0 Å². The van der Waals surface area contributed by atoms with Crippen molar-refractivity contribution >= 4 is 5.97 Å². The lowest BCUT2D eigenvalue weighted by atomic mass is 9.89. The van der Waals surface area contributed by atoms with E-state index in [1.165, 1.54) is 0 Å². The molecule has 0 radical (unpaired) electrons. The van der Waals surface area contributed by atoms with Gasteiger partial charge in [-0.1, -0.05) is 44.2 Å². The van der Waals surface area contributed by atoms with E-state index in [9.17, 15) is 9.90 Å². The van der Waals surface area contributed by atoms with Crippen LogP contribution in [0.3, 0.4) is 0 Å². The Morgan fingerprint density at radius 3 is 2.27 bits per heavy atom. The number of rotatable bonds is 3. The summed E-state index contributed by atoms with van der Waals surface area (Å²) in [4.78, 5) is 11.3. The van der Waals surface area contributed by atoms with Crippen molar-refractivity contribution in [2.75, 3.05) is 0 Å². The first-order valence-corrected chi connectivity index (χ1v) is 5.25. The van der Waals surface area contributed by atoms with Gasteiger partial charge in [0.1, 0.15) is 0 Å². The van der Waals surface area contributed by atoms with Gasteiger partial charge in [-0.15, -0.1) is 0 Å². The van der Waals surface area contributed by atoms with Crippen LogP contribution >= 0.6 is 0 Å². The molecule has 0 saturated heterocycles. The quantitative estimate of drug-likeness (QED) is 0.822. The van der Waals surface area contributed by atoms with Gasteiger partial charge in [-0.05, 0) is 23.8 Å². The molecule has 0 aliphatic heterocycles. The molecule has 1 fully saturated rings. The molecule has 2 heteroatoms. The number of carboxylic acids is 1. The van der Waals surface area contributed by atoms with Crippen molar-refractivity contribution in [1.82, 2.24) is 0 Å². The maximum absolute atomic E-state index is 11.3.